The van der Waals surface area contributed by atoms with E-state index in [1.54, 1.807) is 6.07 Å². The molecule has 0 aliphatic rings. The number of benzene rings is 1. The summed E-state index contributed by atoms with van der Waals surface area (Å²) in [6, 6.07) is 6.30. The zero-order valence-corrected chi connectivity index (χ0v) is 22.3. The molecule has 1 amide bonds. The standard InChI is InChI=1S/C26H24F6N8O3/c27-25(28,29)19-10-18(12-33-14-19)13-34-24(42)22-16-40(38-36-22)9-2-1-8-39-15-21(35-37-39)23(41)7-6-17-4-3-5-20(11-17)43-26(30,31)32/h3-5,10-12,14-16H,1-2,6-9,13H2,(H,34,42). The molecule has 0 saturated heterocycles. The topological polar surface area (TPSA) is 130 Å². The van der Waals surface area contributed by atoms with Crippen LogP contribution in [0.5, 0.6) is 5.75 Å². The number of carbonyl (C=O) groups is 2. The van der Waals surface area contributed by atoms with Crippen molar-refractivity contribution in [1.29, 1.82) is 0 Å². The second kappa shape index (κ2) is 13.4. The molecule has 228 valence electrons. The third kappa shape index (κ3) is 9.61. The quantitative estimate of drug-likeness (QED) is 0.134. The Hall–Kier alpha value is -4.83. The lowest BCUT2D eigenvalue weighted by molar-refractivity contribution is -0.274. The Morgan fingerprint density at radius 1 is 0.860 bits per heavy atom. The van der Waals surface area contributed by atoms with E-state index >= 15 is 0 Å². The van der Waals surface area contributed by atoms with E-state index in [2.05, 4.69) is 35.7 Å². The maximum atomic E-state index is 12.8. The van der Waals surface area contributed by atoms with Gasteiger partial charge in [-0.05, 0) is 48.6 Å². The first-order valence-electron chi connectivity index (χ1n) is 12.8. The molecule has 0 unspecified atom stereocenters. The smallest absolute Gasteiger partial charge is 0.406 e. The molecule has 0 radical (unpaired) electrons. The van der Waals surface area contributed by atoms with Gasteiger partial charge in [0.15, 0.2) is 11.5 Å². The zero-order chi connectivity index (χ0) is 31.0. The third-order valence-electron chi connectivity index (χ3n) is 5.97. The summed E-state index contributed by atoms with van der Waals surface area (Å²) in [4.78, 5) is 28.3. The van der Waals surface area contributed by atoms with Gasteiger partial charge in [-0.2, -0.15) is 13.2 Å². The monoisotopic (exact) mass is 610 g/mol. The molecule has 3 heterocycles. The first kappa shape index (κ1) is 31.1. The number of nitrogens with one attached hydrogen (secondary N) is 1. The normalized spacial score (nSPS) is 11.9. The fourth-order valence-corrected chi connectivity index (χ4v) is 3.89. The van der Waals surface area contributed by atoms with Crippen molar-refractivity contribution in [3.63, 3.8) is 0 Å². The van der Waals surface area contributed by atoms with Crippen LogP contribution in [-0.2, 0) is 32.2 Å². The number of Topliss-reactive ketones (excluding diaryl/α,β-unsaturated/α-hetero) is 1. The van der Waals surface area contributed by atoms with Crippen LogP contribution in [0.3, 0.4) is 0 Å². The number of unbranched alkanes of at least 4 members (excludes halogenated alkanes) is 1. The second-order valence-corrected chi connectivity index (χ2v) is 9.32. The molecule has 1 N–H and O–H groups in total. The van der Waals surface area contributed by atoms with Crippen molar-refractivity contribution in [2.45, 2.75) is 57.9 Å². The number of carbonyl (C=O) groups excluding carboxylic acids is 2. The molecular formula is C26H24F6N8O3. The predicted molar refractivity (Wildman–Crippen MR) is 135 cm³/mol. The highest BCUT2D eigenvalue weighted by Gasteiger charge is 2.31. The van der Waals surface area contributed by atoms with E-state index in [0.29, 0.717) is 37.7 Å². The molecule has 3 aromatic heterocycles. The lowest BCUT2D eigenvalue weighted by Gasteiger charge is -2.09. The van der Waals surface area contributed by atoms with Crippen LogP contribution >= 0.6 is 0 Å². The van der Waals surface area contributed by atoms with E-state index in [1.165, 1.54) is 46.2 Å². The maximum absolute atomic E-state index is 12.8. The molecule has 0 aliphatic heterocycles. The second-order valence-electron chi connectivity index (χ2n) is 9.32. The number of amides is 1. The number of hydrogen-bond donors (Lipinski definition) is 1. The Bertz CT molecular complexity index is 1550. The highest BCUT2D eigenvalue weighted by molar-refractivity contribution is 5.94. The highest BCUT2D eigenvalue weighted by Crippen LogP contribution is 2.29. The van der Waals surface area contributed by atoms with Gasteiger partial charge in [-0.25, -0.2) is 0 Å². The van der Waals surface area contributed by atoms with Crippen LogP contribution < -0.4 is 10.1 Å². The van der Waals surface area contributed by atoms with Gasteiger partial charge in [0.1, 0.15) is 11.4 Å². The fraction of sp³-hybridized carbons (Fsp3) is 0.346. The number of rotatable bonds is 13. The zero-order valence-electron chi connectivity index (χ0n) is 22.3. The van der Waals surface area contributed by atoms with Crippen LogP contribution in [0.25, 0.3) is 0 Å². The summed E-state index contributed by atoms with van der Waals surface area (Å²) in [5.41, 5.74) is -0.0982. The number of aryl methyl sites for hydroxylation is 3. The number of halogens is 6. The predicted octanol–water partition coefficient (Wildman–Crippen LogP) is 4.41. The molecular weight excluding hydrogens is 586 g/mol. The summed E-state index contributed by atoms with van der Waals surface area (Å²) in [6.45, 7) is 0.675. The van der Waals surface area contributed by atoms with E-state index in [1.807, 2.05) is 0 Å². The summed E-state index contributed by atoms with van der Waals surface area (Å²) in [5, 5.41) is 17.9. The van der Waals surface area contributed by atoms with Crippen molar-refractivity contribution in [3.05, 3.63) is 83.2 Å². The molecule has 17 heteroatoms. The third-order valence-corrected chi connectivity index (χ3v) is 5.97. The van der Waals surface area contributed by atoms with Crippen molar-refractivity contribution in [2.75, 3.05) is 0 Å². The number of pyridine rings is 1. The fourth-order valence-electron chi connectivity index (χ4n) is 3.89. The molecule has 43 heavy (non-hydrogen) atoms. The summed E-state index contributed by atoms with van der Waals surface area (Å²) < 4.78 is 82.5. The minimum atomic E-state index is -4.80. The van der Waals surface area contributed by atoms with Gasteiger partial charge >= 0.3 is 12.5 Å². The number of nitrogens with zero attached hydrogens (tertiary/aromatic N) is 7. The van der Waals surface area contributed by atoms with Crippen LogP contribution in [0.2, 0.25) is 0 Å². The molecule has 0 atom stereocenters. The molecule has 0 fully saturated rings. The van der Waals surface area contributed by atoms with Crippen LogP contribution in [0.15, 0.2) is 55.1 Å². The van der Waals surface area contributed by atoms with Gasteiger partial charge in [-0.3, -0.25) is 23.9 Å². The lowest BCUT2D eigenvalue weighted by Crippen LogP contribution is -2.23. The minimum absolute atomic E-state index is 0.000954. The maximum Gasteiger partial charge on any atom is 0.573 e. The molecule has 0 saturated carbocycles. The number of ether oxygens (including phenoxy) is 1. The van der Waals surface area contributed by atoms with Gasteiger partial charge in [0.05, 0.1) is 18.0 Å². The highest BCUT2D eigenvalue weighted by atomic mass is 19.4. The number of ketones is 1. The van der Waals surface area contributed by atoms with Gasteiger partial charge < -0.3 is 10.1 Å². The number of hydrogen-bond acceptors (Lipinski definition) is 8. The number of aromatic nitrogens is 7. The summed E-state index contributed by atoms with van der Waals surface area (Å²) in [6.07, 6.45) is -3.07. The van der Waals surface area contributed by atoms with Crippen molar-refractivity contribution in [1.82, 2.24) is 40.3 Å². The molecule has 11 nitrogen and oxygen atoms in total. The van der Waals surface area contributed by atoms with E-state index in [9.17, 15) is 35.9 Å². The molecule has 0 spiro atoms. The Morgan fingerprint density at radius 3 is 2.21 bits per heavy atom. The van der Waals surface area contributed by atoms with E-state index in [4.69, 9.17) is 0 Å². The van der Waals surface area contributed by atoms with Crippen molar-refractivity contribution < 1.29 is 40.7 Å². The van der Waals surface area contributed by atoms with Gasteiger partial charge in [0.2, 0.25) is 0 Å². The average Bonchev–Trinajstić information content (AvgIpc) is 3.62. The molecule has 1 aromatic carbocycles. The van der Waals surface area contributed by atoms with Crippen LogP contribution in [0.1, 0.15) is 56.9 Å². The molecule has 4 aromatic rings. The Kier molecular flexibility index (Phi) is 9.72. The summed E-state index contributed by atoms with van der Waals surface area (Å²) in [7, 11) is 0. The molecule has 0 bridgehead atoms. The Labute approximate surface area is 239 Å². The minimum Gasteiger partial charge on any atom is -0.406 e. The van der Waals surface area contributed by atoms with Gasteiger partial charge in [-0.1, -0.05) is 22.6 Å². The van der Waals surface area contributed by atoms with Crippen molar-refractivity contribution >= 4 is 11.7 Å². The largest absolute Gasteiger partial charge is 0.573 e. The van der Waals surface area contributed by atoms with Gasteiger partial charge in [-0.15, -0.1) is 23.4 Å². The van der Waals surface area contributed by atoms with E-state index < -0.39 is 24.0 Å². The average molecular weight is 611 g/mol. The molecule has 0 aliphatic carbocycles. The SMILES string of the molecule is O=C(CCc1cccc(OC(F)(F)F)c1)c1cn(CCCCn2cc(C(=O)NCc3cncc(C(F)(F)F)c3)nn2)nn1. The first-order chi connectivity index (χ1) is 20.4. The summed E-state index contributed by atoms with van der Waals surface area (Å²) in [5.74, 6) is -1.28. The van der Waals surface area contributed by atoms with Crippen LogP contribution in [0, 0.1) is 0 Å². The first-order valence-corrected chi connectivity index (χ1v) is 12.8. The summed E-state index contributed by atoms with van der Waals surface area (Å²) >= 11 is 0. The molecule has 4 rings (SSSR count). The lowest BCUT2D eigenvalue weighted by atomic mass is 10.1. The van der Waals surface area contributed by atoms with Crippen LogP contribution in [-0.4, -0.2) is 53.0 Å². The van der Waals surface area contributed by atoms with E-state index in [0.717, 1.165) is 6.07 Å². The van der Waals surface area contributed by atoms with Crippen LogP contribution in [0.4, 0.5) is 26.3 Å². The van der Waals surface area contributed by atoms with Gasteiger partial charge in [0, 0.05) is 38.4 Å². The van der Waals surface area contributed by atoms with Crippen molar-refractivity contribution in [3.8, 4) is 5.75 Å². The number of alkyl halides is 6. The van der Waals surface area contributed by atoms with Crippen molar-refractivity contribution in [2.24, 2.45) is 0 Å². The van der Waals surface area contributed by atoms with E-state index in [-0.39, 0.29) is 47.9 Å². The Balaban J connectivity index is 1.17. The van der Waals surface area contributed by atoms with Gasteiger partial charge in [0.25, 0.3) is 5.91 Å². The Morgan fingerprint density at radius 2 is 1.53 bits per heavy atom.